The minimum Gasteiger partial charge on any atom is -0.675 e. The molecule has 0 aliphatic rings. The molecule has 13 heavy (non-hydrogen) atoms. The first kappa shape index (κ1) is 19.7. The second kappa shape index (κ2) is 11.2. The van der Waals surface area contributed by atoms with Crippen molar-refractivity contribution >= 4 is 0 Å². The summed E-state index contributed by atoms with van der Waals surface area (Å²) in [6.07, 6.45) is 3.64. The Morgan fingerprint density at radius 2 is 1.62 bits per heavy atom. The summed E-state index contributed by atoms with van der Waals surface area (Å²) in [6, 6.07) is 0.0833. The number of nitrogens with one attached hydrogen (secondary N) is 1. The number of hydrogen-bond acceptors (Lipinski definition) is 0. The second-order valence-corrected chi connectivity index (χ2v) is 4.32. The first-order chi connectivity index (χ1) is 5.35. The van der Waals surface area contributed by atoms with Crippen LogP contribution in [0.1, 0.15) is 53.9 Å². The van der Waals surface area contributed by atoms with Gasteiger partial charge in [-0.2, -0.15) is 6.42 Å². The van der Waals surface area contributed by atoms with Crippen LogP contribution in [0, 0.1) is 47.9 Å². The summed E-state index contributed by atoms with van der Waals surface area (Å²) in [7, 11) is 0. The normalized spacial score (nSPS) is 10.2. The van der Waals surface area contributed by atoms with Crippen molar-refractivity contribution in [3.8, 4) is 0 Å². The maximum Gasteiger partial charge on any atom is 0 e. The van der Waals surface area contributed by atoms with E-state index in [1.54, 1.807) is 0 Å². The van der Waals surface area contributed by atoms with Crippen LogP contribution in [0.5, 0.6) is 0 Å². The van der Waals surface area contributed by atoms with Gasteiger partial charge in [-0.15, -0.1) is 6.04 Å². The van der Waals surface area contributed by atoms with Crippen LogP contribution in [0.4, 0.5) is 0 Å². The summed E-state index contributed by atoms with van der Waals surface area (Å²) in [6.45, 7) is 14.3. The molecule has 0 aromatic heterocycles. The van der Waals surface area contributed by atoms with Crippen molar-refractivity contribution in [2.24, 2.45) is 5.41 Å². The van der Waals surface area contributed by atoms with Gasteiger partial charge >= 0.3 is 0 Å². The molecule has 0 rings (SSSR count). The predicted octanol–water partition coefficient (Wildman–Crippen LogP) is 4.48. The third kappa shape index (κ3) is 24.6. The summed E-state index contributed by atoms with van der Waals surface area (Å²) < 4.78 is 0. The van der Waals surface area contributed by atoms with Crippen molar-refractivity contribution in [2.45, 2.75) is 59.9 Å². The van der Waals surface area contributed by atoms with E-state index >= 15 is 0 Å². The van der Waals surface area contributed by atoms with Crippen LogP contribution in [-0.2, 0) is 0 Å². The van der Waals surface area contributed by atoms with E-state index < -0.39 is 0 Å². The van der Waals surface area contributed by atoms with Crippen molar-refractivity contribution in [3.63, 3.8) is 0 Å². The average molecular weight is 310 g/mol. The molecule has 79 valence electrons. The molecule has 0 fully saturated rings. The predicted molar refractivity (Wildman–Crippen MR) is 58.1 cm³/mol. The van der Waals surface area contributed by atoms with Crippen molar-refractivity contribution in [3.05, 3.63) is 12.7 Å². The van der Waals surface area contributed by atoms with Crippen molar-refractivity contribution < 1.29 is 35.6 Å². The molecule has 0 saturated heterocycles. The Kier molecular flexibility index (Phi) is 17.0. The zero-order valence-corrected chi connectivity index (χ0v) is 13.6. The first-order valence-electron chi connectivity index (χ1n) is 4.86. The molecule has 0 aromatic carbocycles. The van der Waals surface area contributed by atoms with Gasteiger partial charge in [0.2, 0.25) is 0 Å². The van der Waals surface area contributed by atoms with Crippen LogP contribution < -0.4 is 0 Å². The largest absolute Gasteiger partial charge is 0.675 e. The monoisotopic (exact) mass is 310 g/mol. The van der Waals surface area contributed by atoms with E-state index in [0.29, 0.717) is 5.41 Å². The Balaban J connectivity index is -0.000000173. The molecule has 1 nitrogen and oxygen atoms in total. The van der Waals surface area contributed by atoms with Gasteiger partial charge in [0, 0.05) is 35.6 Å². The zero-order chi connectivity index (χ0) is 10.2. The first-order valence-corrected chi connectivity index (χ1v) is 4.86. The van der Waals surface area contributed by atoms with Crippen molar-refractivity contribution in [2.75, 3.05) is 0 Å². The summed E-state index contributed by atoms with van der Waals surface area (Å²) in [5.74, 6) is 0. The maximum absolute atomic E-state index is 6.58. The molecular weight excluding hydrogens is 285 g/mol. The van der Waals surface area contributed by atoms with Crippen LogP contribution in [0.15, 0.2) is 0 Å². The second-order valence-electron chi connectivity index (χ2n) is 4.32. The van der Waals surface area contributed by atoms with Gasteiger partial charge in [0.05, 0.1) is 0 Å². The fourth-order valence-electron chi connectivity index (χ4n) is 0.802. The van der Waals surface area contributed by atoms with Crippen LogP contribution in [0.2, 0.25) is 0 Å². The summed E-state index contributed by atoms with van der Waals surface area (Å²) >= 11 is 0. The van der Waals surface area contributed by atoms with Crippen LogP contribution in [0.25, 0.3) is 5.73 Å². The summed E-state index contributed by atoms with van der Waals surface area (Å²) in [5, 5.41) is 0. The molecule has 0 aromatic rings. The molecule has 0 heterocycles. The molecule has 0 saturated carbocycles. The van der Waals surface area contributed by atoms with E-state index in [1.165, 1.54) is 12.8 Å². The molecular formula is C11H25LaN-2. The van der Waals surface area contributed by atoms with Crippen molar-refractivity contribution in [1.82, 2.24) is 0 Å². The molecule has 1 radical (unpaired) electrons. The smallest absolute Gasteiger partial charge is 0 e. The van der Waals surface area contributed by atoms with Gasteiger partial charge in [-0.1, -0.05) is 52.9 Å². The van der Waals surface area contributed by atoms with Crippen molar-refractivity contribution in [1.29, 1.82) is 0 Å². The summed E-state index contributed by atoms with van der Waals surface area (Å²) in [5.41, 5.74) is 7.06. The zero-order valence-electron chi connectivity index (χ0n) is 9.98. The van der Waals surface area contributed by atoms with Crippen LogP contribution in [-0.4, -0.2) is 6.04 Å². The Labute approximate surface area is 113 Å². The standard InChI is InChI=1S/C8H17.C3H8N.La/c1-5-7-8(3,4)6-2;1-3(2)4;/h2,5-7H2,1,3-4H3;3-4H,1-2H3;/q2*-1;. The number of hydrogen-bond donors (Lipinski definition) is 0. The Morgan fingerprint density at radius 3 is 1.69 bits per heavy atom. The molecule has 0 aliphatic heterocycles. The maximum atomic E-state index is 6.58. The van der Waals surface area contributed by atoms with Gasteiger partial charge in [0.1, 0.15) is 0 Å². The third-order valence-corrected chi connectivity index (χ3v) is 1.60. The fourth-order valence-corrected chi connectivity index (χ4v) is 0.802. The minimum absolute atomic E-state index is 0. The molecule has 2 heteroatoms. The minimum atomic E-state index is 0. The molecule has 0 aliphatic carbocycles. The van der Waals surface area contributed by atoms with E-state index in [0.717, 1.165) is 6.42 Å². The fraction of sp³-hybridized carbons (Fsp3) is 0.909. The van der Waals surface area contributed by atoms with Crippen LogP contribution >= 0.6 is 0 Å². The van der Waals surface area contributed by atoms with E-state index in [9.17, 15) is 0 Å². The average Bonchev–Trinajstić information content (AvgIpc) is 1.86. The van der Waals surface area contributed by atoms with E-state index in [-0.39, 0.29) is 41.6 Å². The molecule has 1 N–H and O–H groups in total. The van der Waals surface area contributed by atoms with Gasteiger partial charge in [-0.05, 0) is 0 Å². The molecule has 0 atom stereocenters. The summed E-state index contributed by atoms with van der Waals surface area (Å²) in [4.78, 5) is 0. The van der Waals surface area contributed by atoms with Gasteiger partial charge in [-0.3, -0.25) is 0 Å². The molecule has 0 spiro atoms. The van der Waals surface area contributed by atoms with Gasteiger partial charge < -0.3 is 12.7 Å². The molecule has 0 bridgehead atoms. The SMILES string of the molecule is CC(C)[NH-].[CH2-]CC(C)(C)CCC.[La]. The van der Waals surface area contributed by atoms with Gasteiger partial charge in [-0.25, -0.2) is 0 Å². The third-order valence-electron chi connectivity index (χ3n) is 1.60. The Bertz CT molecular complexity index is 87.3. The Morgan fingerprint density at radius 1 is 1.31 bits per heavy atom. The molecule has 0 amide bonds. The Hall–Kier alpha value is 1.15. The van der Waals surface area contributed by atoms with Gasteiger partial charge in [0.25, 0.3) is 0 Å². The van der Waals surface area contributed by atoms with E-state index in [4.69, 9.17) is 5.73 Å². The number of rotatable bonds is 3. The van der Waals surface area contributed by atoms with E-state index in [2.05, 4.69) is 27.7 Å². The topological polar surface area (TPSA) is 23.8 Å². The molecule has 0 unspecified atom stereocenters. The van der Waals surface area contributed by atoms with Crippen LogP contribution in [0.3, 0.4) is 0 Å². The quantitative estimate of drug-likeness (QED) is 0.686. The van der Waals surface area contributed by atoms with E-state index in [1.807, 2.05) is 13.8 Å². The van der Waals surface area contributed by atoms with Gasteiger partial charge in [0.15, 0.2) is 0 Å².